The molecule has 1 aliphatic rings. The van der Waals surface area contributed by atoms with Gasteiger partial charge < -0.3 is 4.74 Å². The van der Waals surface area contributed by atoms with E-state index in [2.05, 4.69) is 52.0 Å². The number of aryl methyl sites for hydroxylation is 4. The van der Waals surface area contributed by atoms with Gasteiger partial charge in [-0.2, -0.15) is 0 Å². The van der Waals surface area contributed by atoms with Crippen LogP contribution in [0.2, 0.25) is 0 Å². The number of benzene rings is 2. The average molecular weight is 266 g/mol. The van der Waals surface area contributed by atoms with Gasteiger partial charge in [-0.3, -0.25) is 0 Å². The molecule has 0 heterocycles. The van der Waals surface area contributed by atoms with Crippen molar-refractivity contribution >= 4 is 0 Å². The molecule has 20 heavy (non-hydrogen) atoms. The molecule has 1 heteroatoms. The Morgan fingerprint density at radius 3 is 1.55 bits per heavy atom. The SMILES string of the molecule is COCC1c2cc(C)c(C)cc2-c2cc(C)c(C)cc21. The fourth-order valence-electron chi connectivity index (χ4n) is 3.23. The van der Waals surface area contributed by atoms with Crippen molar-refractivity contribution in [2.45, 2.75) is 33.6 Å². The van der Waals surface area contributed by atoms with E-state index in [1.165, 1.54) is 44.5 Å². The number of rotatable bonds is 2. The first kappa shape index (κ1) is 13.4. The molecule has 2 aromatic carbocycles. The van der Waals surface area contributed by atoms with Crippen molar-refractivity contribution in [3.63, 3.8) is 0 Å². The predicted molar refractivity (Wildman–Crippen MR) is 84.5 cm³/mol. The molecular weight excluding hydrogens is 244 g/mol. The number of fused-ring (bicyclic) bond motifs is 3. The van der Waals surface area contributed by atoms with Crippen LogP contribution in [0.4, 0.5) is 0 Å². The minimum atomic E-state index is 0.378. The summed E-state index contributed by atoms with van der Waals surface area (Å²) in [6, 6.07) is 9.37. The highest BCUT2D eigenvalue weighted by Crippen LogP contribution is 2.46. The first-order valence-electron chi connectivity index (χ1n) is 7.24. The topological polar surface area (TPSA) is 9.23 Å². The summed E-state index contributed by atoms with van der Waals surface area (Å²) in [5.74, 6) is 0.378. The Bertz CT molecular complexity index is 625. The van der Waals surface area contributed by atoms with Crippen LogP contribution in [0.5, 0.6) is 0 Å². The lowest BCUT2D eigenvalue weighted by Gasteiger charge is -2.14. The number of ether oxygens (including phenoxy) is 1. The molecule has 0 atom stereocenters. The van der Waals surface area contributed by atoms with Crippen LogP contribution in [-0.2, 0) is 4.74 Å². The van der Waals surface area contributed by atoms with Gasteiger partial charge in [0.2, 0.25) is 0 Å². The van der Waals surface area contributed by atoms with Crippen LogP contribution >= 0.6 is 0 Å². The Labute approximate surface area is 121 Å². The third kappa shape index (κ3) is 1.89. The van der Waals surface area contributed by atoms with Crippen LogP contribution in [0.15, 0.2) is 24.3 Å². The van der Waals surface area contributed by atoms with Gasteiger partial charge in [0.1, 0.15) is 0 Å². The maximum Gasteiger partial charge on any atom is 0.0572 e. The van der Waals surface area contributed by atoms with Gasteiger partial charge in [0.05, 0.1) is 6.61 Å². The van der Waals surface area contributed by atoms with E-state index in [1.807, 2.05) is 0 Å². The molecule has 3 rings (SSSR count). The third-order valence-corrected chi connectivity index (χ3v) is 4.71. The van der Waals surface area contributed by atoms with Crippen LogP contribution in [-0.4, -0.2) is 13.7 Å². The maximum atomic E-state index is 5.48. The molecule has 1 aliphatic carbocycles. The molecule has 104 valence electrons. The lowest BCUT2D eigenvalue weighted by molar-refractivity contribution is 0.190. The van der Waals surface area contributed by atoms with Gasteiger partial charge in [0.15, 0.2) is 0 Å². The fraction of sp³-hybridized carbons (Fsp3) is 0.368. The summed E-state index contributed by atoms with van der Waals surface area (Å²) < 4.78 is 5.48. The zero-order valence-electron chi connectivity index (χ0n) is 13.0. The van der Waals surface area contributed by atoms with Crippen LogP contribution in [0.1, 0.15) is 39.3 Å². The van der Waals surface area contributed by atoms with E-state index in [9.17, 15) is 0 Å². The molecule has 0 aliphatic heterocycles. The normalized spacial score (nSPS) is 13.4. The van der Waals surface area contributed by atoms with Gasteiger partial charge in [0.25, 0.3) is 0 Å². The summed E-state index contributed by atoms with van der Waals surface area (Å²) in [6.45, 7) is 9.53. The summed E-state index contributed by atoms with van der Waals surface area (Å²) in [4.78, 5) is 0. The second kappa shape index (κ2) is 4.75. The minimum absolute atomic E-state index is 0.378. The molecule has 1 nitrogen and oxygen atoms in total. The van der Waals surface area contributed by atoms with Gasteiger partial charge in [-0.05, 0) is 72.2 Å². The molecule has 0 bridgehead atoms. The summed E-state index contributed by atoms with van der Waals surface area (Å²) in [5.41, 5.74) is 11.1. The summed E-state index contributed by atoms with van der Waals surface area (Å²) in [6.07, 6.45) is 0. The predicted octanol–water partition coefficient (Wildman–Crippen LogP) is 4.68. The van der Waals surface area contributed by atoms with E-state index in [4.69, 9.17) is 4.74 Å². The molecule has 0 aromatic heterocycles. The molecule has 0 spiro atoms. The lowest BCUT2D eigenvalue weighted by atomic mass is 9.94. The van der Waals surface area contributed by atoms with Crippen molar-refractivity contribution in [2.24, 2.45) is 0 Å². The van der Waals surface area contributed by atoms with Crippen LogP contribution in [0, 0.1) is 27.7 Å². The van der Waals surface area contributed by atoms with Crippen LogP contribution in [0.3, 0.4) is 0 Å². The van der Waals surface area contributed by atoms with E-state index >= 15 is 0 Å². The Morgan fingerprint density at radius 2 is 1.15 bits per heavy atom. The minimum Gasteiger partial charge on any atom is -0.384 e. The first-order valence-corrected chi connectivity index (χ1v) is 7.24. The molecular formula is C19H22O. The summed E-state index contributed by atoms with van der Waals surface area (Å²) in [5, 5.41) is 0. The Kier molecular flexibility index (Phi) is 3.18. The van der Waals surface area contributed by atoms with Crippen molar-refractivity contribution < 1.29 is 4.74 Å². The molecule has 0 radical (unpaired) electrons. The van der Waals surface area contributed by atoms with Gasteiger partial charge in [-0.25, -0.2) is 0 Å². The highest BCUT2D eigenvalue weighted by Gasteiger charge is 2.29. The van der Waals surface area contributed by atoms with Crippen LogP contribution < -0.4 is 0 Å². The first-order chi connectivity index (χ1) is 9.52. The zero-order valence-corrected chi connectivity index (χ0v) is 13.0. The number of hydrogen-bond donors (Lipinski definition) is 0. The Balaban J connectivity index is 2.28. The monoisotopic (exact) mass is 266 g/mol. The molecule has 2 aromatic rings. The number of methoxy groups -OCH3 is 1. The standard InChI is InChI=1S/C19H22O/c1-11-6-15-16-7-12(2)14(4)9-18(16)19(10-20-5)17(15)8-13(11)3/h6-9,19H,10H2,1-5H3. The van der Waals surface area contributed by atoms with Crippen molar-refractivity contribution in [2.75, 3.05) is 13.7 Å². The van der Waals surface area contributed by atoms with Crippen molar-refractivity contribution in [1.29, 1.82) is 0 Å². The molecule has 0 N–H and O–H groups in total. The zero-order chi connectivity index (χ0) is 14.4. The van der Waals surface area contributed by atoms with Crippen molar-refractivity contribution in [3.05, 3.63) is 57.6 Å². The molecule has 0 amide bonds. The quantitative estimate of drug-likeness (QED) is 0.767. The van der Waals surface area contributed by atoms with Gasteiger partial charge in [-0.15, -0.1) is 0 Å². The third-order valence-electron chi connectivity index (χ3n) is 4.71. The second-order valence-corrected chi connectivity index (χ2v) is 6.06. The van der Waals surface area contributed by atoms with Gasteiger partial charge in [0, 0.05) is 13.0 Å². The second-order valence-electron chi connectivity index (χ2n) is 6.06. The van der Waals surface area contributed by atoms with E-state index < -0.39 is 0 Å². The lowest BCUT2D eigenvalue weighted by Crippen LogP contribution is -2.05. The Morgan fingerprint density at radius 1 is 0.750 bits per heavy atom. The van der Waals surface area contributed by atoms with E-state index in [-0.39, 0.29) is 0 Å². The molecule has 0 saturated heterocycles. The van der Waals surface area contributed by atoms with Crippen LogP contribution in [0.25, 0.3) is 11.1 Å². The van der Waals surface area contributed by atoms with Gasteiger partial charge >= 0.3 is 0 Å². The molecule has 0 saturated carbocycles. The summed E-state index contributed by atoms with van der Waals surface area (Å²) in [7, 11) is 1.79. The van der Waals surface area contributed by atoms with Crippen molar-refractivity contribution in [3.8, 4) is 11.1 Å². The van der Waals surface area contributed by atoms with E-state index in [0.29, 0.717) is 5.92 Å². The Hall–Kier alpha value is -1.60. The van der Waals surface area contributed by atoms with E-state index in [1.54, 1.807) is 7.11 Å². The highest BCUT2D eigenvalue weighted by atomic mass is 16.5. The smallest absolute Gasteiger partial charge is 0.0572 e. The van der Waals surface area contributed by atoms with E-state index in [0.717, 1.165) is 6.61 Å². The number of hydrogen-bond acceptors (Lipinski definition) is 1. The molecule has 0 unspecified atom stereocenters. The van der Waals surface area contributed by atoms with Gasteiger partial charge in [-0.1, -0.05) is 24.3 Å². The fourth-order valence-corrected chi connectivity index (χ4v) is 3.23. The summed E-state index contributed by atoms with van der Waals surface area (Å²) >= 11 is 0. The average Bonchev–Trinajstić information content (AvgIpc) is 2.66. The van der Waals surface area contributed by atoms with Crippen molar-refractivity contribution in [1.82, 2.24) is 0 Å². The largest absolute Gasteiger partial charge is 0.384 e. The molecule has 0 fully saturated rings. The highest BCUT2D eigenvalue weighted by molar-refractivity contribution is 5.80. The maximum absolute atomic E-state index is 5.48.